The van der Waals surface area contributed by atoms with Crippen LogP contribution in [0.25, 0.3) is 0 Å². The molecule has 0 aliphatic rings. The van der Waals surface area contributed by atoms with Crippen LogP contribution in [0.3, 0.4) is 0 Å². The maximum absolute atomic E-state index is 11.0. The summed E-state index contributed by atoms with van der Waals surface area (Å²) in [6, 6.07) is 7.82. The third kappa shape index (κ3) is 5.34. The van der Waals surface area contributed by atoms with E-state index in [1.54, 1.807) is 6.92 Å². The number of hydrogen-bond donors (Lipinski definition) is 0. The number of ether oxygens (including phenoxy) is 2. The lowest BCUT2D eigenvalue weighted by Crippen LogP contribution is -2.06. The number of hydrogen-bond acceptors (Lipinski definition) is 3. The molecule has 0 fully saturated rings. The summed E-state index contributed by atoms with van der Waals surface area (Å²) >= 11 is 2.24. The molecule has 88 valence electrons. The minimum Gasteiger partial charge on any atom is -0.494 e. The number of carbonyl (C=O) groups is 1. The van der Waals surface area contributed by atoms with Gasteiger partial charge in [0.25, 0.3) is 0 Å². The fourth-order valence-corrected chi connectivity index (χ4v) is 1.53. The van der Waals surface area contributed by atoms with E-state index in [1.807, 2.05) is 24.3 Å². The zero-order valence-electron chi connectivity index (χ0n) is 9.24. The molecule has 0 unspecified atom stereocenters. The lowest BCUT2D eigenvalue weighted by atomic mass is 10.3. The molecule has 0 aromatic heterocycles. The zero-order chi connectivity index (χ0) is 11.8. The summed E-state index contributed by atoms with van der Waals surface area (Å²) in [6.07, 6.45) is 1.10. The highest BCUT2D eigenvalue weighted by atomic mass is 127. The molecule has 0 aliphatic heterocycles. The third-order valence-electron chi connectivity index (χ3n) is 1.91. The van der Waals surface area contributed by atoms with Crippen LogP contribution < -0.4 is 4.74 Å². The van der Waals surface area contributed by atoms with Crippen molar-refractivity contribution < 1.29 is 14.3 Å². The van der Waals surface area contributed by atoms with Gasteiger partial charge in [0.05, 0.1) is 13.2 Å². The Balaban J connectivity index is 2.16. The second-order valence-electron chi connectivity index (χ2n) is 3.21. The first-order chi connectivity index (χ1) is 7.72. The van der Waals surface area contributed by atoms with E-state index in [9.17, 15) is 4.79 Å². The standard InChI is InChI=1S/C12H15IO3/c1-2-15-12(14)4-3-9-16-11-7-5-10(13)6-8-11/h5-8H,2-4,9H2,1H3. The van der Waals surface area contributed by atoms with Crippen LogP contribution in [0.1, 0.15) is 19.8 Å². The molecule has 0 amide bonds. The summed E-state index contributed by atoms with van der Waals surface area (Å²) in [4.78, 5) is 11.0. The van der Waals surface area contributed by atoms with Gasteiger partial charge in [-0.15, -0.1) is 0 Å². The predicted molar refractivity (Wildman–Crippen MR) is 70.5 cm³/mol. The van der Waals surface area contributed by atoms with Gasteiger partial charge in [-0.2, -0.15) is 0 Å². The maximum Gasteiger partial charge on any atom is 0.305 e. The molecular weight excluding hydrogens is 319 g/mol. The van der Waals surface area contributed by atoms with Crippen molar-refractivity contribution in [3.63, 3.8) is 0 Å². The SMILES string of the molecule is CCOC(=O)CCCOc1ccc(I)cc1. The van der Waals surface area contributed by atoms with Crippen LogP contribution in [0.4, 0.5) is 0 Å². The molecule has 1 aromatic rings. The average molecular weight is 334 g/mol. The van der Waals surface area contributed by atoms with Crippen molar-refractivity contribution in [2.45, 2.75) is 19.8 Å². The topological polar surface area (TPSA) is 35.5 Å². The Kier molecular flexibility index (Phi) is 6.22. The van der Waals surface area contributed by atoms with E-state index in [4.69, 9.17) is 9.47 Å². The van der Waals surface area contributed by atoms with Gasteiger partial charge in [-0.1, -0.05) is 0 Å². The van der Waals surface area contributed by atoms with E-state index in [-0.39, 0.29) is 5.97 Å². The molecule has 0 N–H and O–H groups in total. The molecule has 1 rings (SSSR count). The Bertz CT molecular complexity index is 322. The highest BCUT2D eigenvalue weighted by Gasteiger charge is 2.01. The van der Waals surface area contributed by atoms with Gasteiger partial charge >= 0.3 is 5.97 Å². The van der Waals surface area contributed by atoms with Crippen molar-refractivity contribution in [2.75, 3.05) is 13.2 Å². The zero-order valence-corrected chi connectivity index (χ0v) is 11.4. The highest BCUT2D eigenvalue weighted by Crippen LogP contribution is 2.13. The molecule has 0 heterocycles. The monoisotopic (exact) mass is 334 g/mol. The molecule has 0 saturated heterocycles. The van der Waals surface area contributed by atoms with E-state index in [0.29, 0.717) is 26.1 Å². The van der Waals surface area contributed by atoms with Crippen molar-refractivity contribution in [3.05, 3.63) is 27.8 Å². The predicted octanol–water partition coefficient (Wildman–Crippen LogP) is 3.01. The van der Waals surface area contributed by atoms with Crippen molar-refractivity contribution in [1.82, 2.24) is 0 Å². The van der Waals surface area contributed by atoms with Crippen LogP contribution in [0.2, 0.25) is 0 Å². The molecule has 16 heavy (non-hydrogen) atoms. The summed E-state index contributed by atoms with van der Waals surface area (Å²) in [5.74, 6) is 0.679. The van der Waals surface area contributed by atoms with Crippen LogP contribution in [-0.2, 0) is 9.53 Å². The number of benzene rings is 1. The molecule has 0 radical (unpaired) electrons. The second kappa shape index (κ2) is 7.49. The summed E-state index contributed by atoms with van der Waals surface area (Å²) in [6.45, 7) is 2.79. The molecule has 0 spiro atoms. The molecule has 0 saturated carbocycles. The van der Waals surface area contributed by atoms with Crippen LogP contribution in [0, 0.1) is 3.57 Å². The Morgan fingerprint density at radius 2 is 2.00 bits per heavy atom. The molecule has 0 bridgehead atoms. The molecule has 4 heteroatoms. The summed E-state index contributed by atoms with van der Waals surface area (Å²) in [7, 11) is 0. The van der Waals surface area contributed by atoms with Crippen molar-refractivity contribution in [1.29, 1.82) is 0 Å². The van der Waals surface area contributed by atoms with Gasteiger partial charge < -0.3 is 9.47 Å². The Morgan fingerprint density at radius 3 is 2.62 bits per heavy atom. The molecule has 0 aliphatic carbocycles. The molecule has 3 nitrogen and oxygen atoms in total. The minimum absolute atomic E-state index is 0.159. The van der Waals surface area contributed by atoms with E-state index >= 15 is 0 Å². The number of halogens is 1. The van der Waals surface area contributed by atoms with Gasteiger partial charge in [0.2, 0.25) is 0 Å². The largest absolute Gasteiger partial charge is 0.494 e. The van der Waals surface area contributed by atoms with Crippen LogP contribution in [-0.4, -0.2) is 19.2 Å². The smallest absolute Gasteiger partial charge is 0.305 e. The van der Waals surface area contributed by atoms with Crippen molar-refractivity contribution in [2.24, 2.45) is 0 Å². The first kappa shape index (κ1) is 13.3. The lowest BCUT2D eigenvalue weighted by molar-refractivity contribution is -0.143. The van der Waals surface area contributed by atoms with E-state index in [0.717, 1.165) is 5.75 Å². The van der Waals surface area contributed by atoms with Crippen LogP contribution >= 0.6 is 22.6 Å². The van der Waals surface area contributed by atoms with Crippen molar-refractivity contribution in [3.8, 4) is 5.75 Å². The Morgan fingerprint density at radius 1 is 1.31 bits per heavy atom. The van der Waals surface area contributed by atoms with Gasteiger partial charge in [0.15, 0.2) is 0 Å². The number of rotatable bonds is 6. The highest BCUT2D eigenvalue weighted by molar-refractivity contribution is 14.1. The fourth-order valence-electron chi connectivity index (χ4n) is 1.17. The minimum atomic E-state index is -0.159. The lowest BCUT2D eigenvalue weighted by Gasteiger charge is -2.05. The first-order valence-electron chi connectivity index (χ1n) is 5.26. The summed E-state index contributed by atoms with van der Waals surface area (Å²) in [5, 5.41) is 0. The first-order valence-corrected chi connectivity index (χ1v) is 6.34. The molecule has 0 atom stereocenters. The fraction of sp³-hybridized carbons (Fsp3) is 0.417. The van der Waals surface area contributed by atoms with Crippen LogP contribution in [0.15, 0.2) is 24.3 Å². The maximum atomic E-state index is 11.0. The third-order valence-corrected chi connectivity index (χ3v) is 2.63. The average Bonchev–Trinajstić information content (AvgIpc) is 2.27. The van der Waals surface area contributed by atoms with E-state index in [1.165, 1.54) is 3.57 Å². The normalized spacial score (nSPS) is 9.88. The van der Waals surface area contributed by atoms with Crippen LogP contribution in [0.5, 0.6) is 5.75 Å². The Labute approximate surface area is 109 Å². The second-order valence-corrected chi connectivity index (χ2v) is 4.46. The number of carbonyl (C=O) groups excluding carboxylic acids is 1. The number of esters is 1. The van der Waals surface area contributed by atoms with E-state index < -0.39 is 0 Å². The molecular formula is C12H15IO3. The van der Waals surface area contributed by atoms with Gasteiger partial charge in [-0.05, 0) is 60.2 Å². The summed E-state index contributed by atoms with van der Waals surface area (Å²) < 4.78 is 11.5. The molecule has 1 aromatic carbocycles. The van der Waals surface area contributed by atoms with Gasteiger partial charge in [-0.25, -0.2) is 0 Å². The summed E-state index contributed by atoms with van der Waals surface area (Å²) in [5.41, 5.74) is 0. The van der Waals surface area contributed by atoms with Gasteiger partial charge in [-0.3, -0.25) is 4.79 Å². The van der Waals surface area contributed by atoms with E-state index in [2.05, 4.69) is 22.6 Å². The quantitative estimate of drug-likeness (QED) is 0.456. The van der Waals surface area contributed by atoms with Gasteiger partial charge in [0.1, 0.15) is 5.75 Å². The van der Waals surface area contributed by atoms with Gasteiger partial charge in [0, 0.05) is 9.99 Å². The van der Waals surface area contributed by atoms with Crippen molar-refractivity contribution >= 4 is 28.6 Å². The Hall–Kier alpha value is -0.780.